The molecule has 31 heavy (non-hydrogen) atoms. The molecule has 1 aliphatic rings. The fourth-order valence-corrected chi connectivity index (χ4v) is 3.49. The van der Waals surface area contributed by atoms with Crippen molar-refractivity contribution in [3.63, 3.8) is 0 Å². The fraction of sp³-hybridized carbons (Fsp3) is 0.348. The van der Waals surface area contributed by atoms with Crippen molar-refractivity contribution in [2.24, 2.45) is 16.0 Å². The van der Waals surface area contributed by atoms with Crippen molar-refractivity contribution in [3.05, 3.63) is 58.7 Å². The number of primary amides is 1. The zero-order valence-corrected chi connectivity index (χ0v) is 18.4. The summed E-state index contributed by atoms with van der Waals surface area (Å²) in [4.78, 5) is 22.1. The van der Waals surface area contributed by atoms with Gasteiger partial charge in [0.05, 0.1) is 12.8 Å². The van der Waals surface area contributed by atoms with Gasteiger partial charge in [-0.3, -0.25) is 4.79 Å². The second-order valence-electron chi connectivity index (χ2n) is 7.80. The van der Waals surface area contributed by atoms with E-state index in [4.69, 9.17) is 24.9 Å². The molecule has 2 aromatic carbocycles. The van der Waals surface area contributed by atoms with Crippen molar-refractivity contribution in [2.45, 2.75) is 39.4 Å². The maximum atomic E-state index is 11.7. The van der Waals surface area contributed by atoms with Crippen LogP contribution in [0.3, 0.4) is 0 Å². The Morgan fingerprint density at radius 1 is 1.19 bits per heavy atom. The lowest BCUT2D eigenvalue weighted by Crippen LogP contribution is -2.25. The Hall–Kier alpha value is -3.55. The maximum Gasteiger partial charge on any atom is 0.271 e. The molecule has 2 aromatic rings. The molecule has 0 bridgehead atoms. The summed E-state index contributed by atoms with van der Waals surface area (Å²) in [5.74, 6) is 0.750. The Morgan fingerprint density at radius 2 is 1.94 bits per heavy atom. The van der Waals surface area contributed by atoms with Crippen LogP contribution in [0.2, 0.25) is 0 Å². The molecule has 8 heteroatoms. The van der Waals surface area contributed by atoms with Crippen LogP contribution in [0.4, 0.5) is 0 Å². The number of nitrogens with zero attached hydrogens (tertiary/aromatic N) is 2. The Balaban J connectivity index is 1.81. The molecular weight excluding hydrogens is 398 g/mol. The molecule has 1 amide bonds. The summed E-state index contributed by atoms with van der Waals surface area (Å²) in [5.41, 5.74) is 9.04. The lowest BCUT2D eigenvalue weighted by Gasteiger charge is -2.17. The first-order valence-electron chi connectivity index (χ1n) is 9.82. The molecule has 3 rings (SSSR count). The molecule has 2 N–H and O–H groups in total. The van der Waals surface area contributed by atoms with E-state index in [1.165, 1.54) is 7.11 Å². The minimum Gasteiger partial charge on any atom is -0.493 e. The van der Waals surface area contributed by atoms with E-state index in [9.17, 15) is 4.79 Å². The number of fused-ring (bicyclic) bond motifs is 1. The van der Waals surface area contributed by atoms with Gasteiger partial charge >= 0.3 is 0 Å². The molecular formula is C23H27N3O5. The molecule has 0 atom stereocenters. The van der Waals surface area contributed by atoms with Gasteiger partial charge in [0.1, 0.15) is 19.3 Å². The van der Waals surface area contributed by atoms with E-state index in [1.807, 2.05) is 45.0 Å². The van der Waals surface area contributed by atoms with E-state index in [2.05, 4.69) is 10.3 Å². The first-order valence-corrected chi connectivity index (χ1v) is 9.82. The predicted octanol–water partition coefficient (Wildman–Crippen LogP) is 3.19. The Morgan fingerprint density at radius 3 is 2.61 bits per heavy atom. The minimum atomic E-state index is -0.690. The molecule has 1 heterocycles. The Kier molecular flexibility index (Phi) is 6.48. The topological polar surface area (TPSA) is 105 Å². The molecule has 0 fully saturated rings. The van der Waals surface area contributed by atoms with E-state index in [1.54, 1.807) is 19.2 Å². The van der Waals surface area contributed by atoms with Crippen molar-refractivity contribution >= 4 is 17.3 Å². The minimum absolute atomic E-state index is 0.0216. The van der Waals surface area contributed by atoms with E-state index < -0.39 is 5.91 Å². The van der Waals surface area contributed by atoms with Gasteiger partial charge in [-0.25, -0.2) is 0 Å². The molecule has 164 valence electrons. The third-order valence-electron chi connectivity index (χ3n) is 4.87. The molecule has 0 spiro atoms. The summed E-state index contributed by atoms with van der Waals surface area (Å²) in [6, 6.07) is 11.1. The maximum absolute atomic E-state index is 11.7. The lowest BCUT2D eigenvalue weighted by atomic mass is 9.99. The highest BCUT2D eigenvalue weighted by Gasteiger charge is 2.33. The van der Waals surface area contributed by atoms with Crippen molar-refractivity contribution in [1.29, 1.82) is 0 Å². The lowest BCUT2D eigenvalue weighted by molar-refractivity contribution is -0.112. The van der Waals surface area contributed by atoms with Crippen LogP contribution < -0.4 is 15.2 Å². The van der Waals surface area contributed by atoms with Crippen LogP contribution in [0.5, 0.6) is 11.5 Å². The summed E-state index contributed by atoms with van der Waals surface area (Å²) in [6.07, 6.45) is 0.781. The van der Waals surface area contributed by atoms with Crippen LogP contribution >= 0.6 is 0 Å². The SMILES string of the molecule is CO/N=C(/C(N)=O)c1ccccc1CO/N=C(\C)c1cc2c(c(OC)c1)OC(C)(C)C2. The van der Waals surface area contributed by atoms with E-state index in [0.29, 0.717) is 22.6 Å². The number of carbonyl (C=O) groups is 1. The zero-order valence-electron chi connectivity index (χ0n) is 18.4. The summed E-state index contributed by atoms with van der Waals surface area (Å²) >= 11 is 0. The van der Waals surface area contributed by atoms with Gasteiger partial charge in [-0.1, -0.05) is 34.6 Å². The van der Waals surface area contributed by atoms with Crippen LogP contribution in [0.15, 0.2) is 46.7 Å². The standard InChI is InChI=1S/C23H27N3O5/c1-14(16-10-17-12-23(2,3)31-21(17)19(11-16)28-4)25-30-13-15-8-6-7-9-18(15)20(22(24)27)26-29-5/h6-11H,12-13H2,1-5H3,(H2,24,27)/b25-14+,26-20+. The fourth-order valence-electron chi connectivity index (χ4n) is 3.49. The number of ether oxygens (including phenoxy) is 2. The predicted molar refractivity (Wildman–Crippen MR) is 118 cm³/mol. The van der Waals surface area contributed by atoms with Crippen LogP contribution in [0.1, 0.15) is 43.0 Å². The molecule has 1 aliphatic heterocycles. The number of amides is 1. The quantitative estimate of drug-likeness (QED) is 0.517. The smallest absolute Gasteiger partial charge is 0.271 e. The van der Waals surface area contributed by atoms with Gasteiger partial charge in [0.2, 0.25) is 0 Å². The molecule has 0 unspecified atom stereocenters. The number of benzene rings is 2. The highest BCUT2D eigenvalue weighted by molar-refractivity contribution is 6.45. The molecule has 0 aliphatic carbocycles. The van der Waals surface area contributed by atoms with Gasteiger partial charge in [-0.15, -0.1) is 0 Å². The Labute approximate surface area is 181 Å². The Bertz CT molecular complexity index is 1040. The average molecular weight is 425 g/mol. The van der Waals surface area contributed by atoms with Crippen molar-refractivity contribution in [2.75, 3.05) is 14.2 Å². The number of methoxy groups -OCH3 is 1. The number of hydrogen-bond donors (Lipinski definition) is 1. The summed E-state index contributed by atoms with van der Waals surface area (Å²) in [7, 11) is 2.97. The molecule has 8 nitrogen and oxygen atoms in total. The number of rotatable bonds is 8. The van der Waals surface area contributed by atoms with Gasteiger partial charge in [0, 0.05) is 28.7 Å². The zero-order chi connectivity index (χ0) is 22.6. The van der Waals surface area contributed by atoms with Gasteiger partial charge < -0.3 is 24.9 Å². The highest BCUT2D eigenvalue weighted by atomic mass is 16.6. The first kappa shape index (κ1) is 22.1. The van der Waals surface area contributed by atoms with E-state index in [0.717, 1.165) is 23.3 Å². The van der Waals surface area contributed by atoms with Crippen LogP contribution in [-0.2, 0) is 27.5 Å². The molecule has 0 aromatic heterocycles. The third kappa shape index (κ3) is 4.96. The monoisotopic (exact) mass is 425 g/mol. The van der Waals surface area contributed by atoms with Gasteiger partial charge in [-0.2, -0.15) is 0 Å². The summed E-state index contributed by atoms with van der Waals surface area (Å²) in [5, 5.41) is 7.99. The van der Waals surface area contributed by atoms with E-state index in [-0.39, 0.29) is 17.9 Å². The van der Waals surface area contributed by atoms with Crippen molar-refractivity contribution in [3.8, 4) is 11.5 Å². The number of carbonyl (C=O) groups excluding carboxylic acids is 1. The summed E-state index contributed by atoms with van der Waals surface area (Å²) < 4.78 is 11.5. The third-order valence-corrected chi connectivity index (χ3v) is 4.87. The summed E-state index contributed by atoms with van der Waals surface area (Å²) in [6.45, 7) is 6.07. The van der Waals surface area contributed by atoms with Crippen LogP contribution in [0, 0.1) is 0 Å². The normalized spacial score (nSPS) is 15.1. The van der Waals surface area contributed by atoms with Crippen LogP contribution in [-0.4, -0.2) is 37.2 Å². The number of oxime groups is 2. The second-order valence-corrected chi connectivity index (χ2v) is 7.80. The van der Waals surface area contributed by atoms with Crippen molar-refractivity contribution in [1.82, 2.24) is 0 Å². The van der Waals surface area contributed by atoms with Crippen LogP contribution in [0.25, 0.3) is 0 Å². The first-order chi connectivity index (χ1) is 14.8. The average Bonchev–Trinajstić information content (AvgIpc) is 3.05. The number of hydrogen-bond acceptors (Lipinski definition) is 7. The number of nitrogens with two attached hydrogens (primary N) is 1. The largest absolute Gasteiger partial charge is 0.493 e. The van der Waals surface area contributed by atoms with Gasteiger partial charge in [0.15, 0.2) is 17.2 Å². The highest BCUT2D eigenvalue weighted by Crippen LogP contribution is 2.42. The van der Waals surface area contributed by atoms with Gasteiger partial charge in [0.25, 0.3) is 5.91 Å². The van der Waals surface area contributed by atoms with E-state index >= 15 is 0 Å². The molecule has 0 radical (unpaired) electrons. The molecule has 0 saturated heterocycles. The van der Waals surface area contributed by atoms with Crippen molar-refractivity contribution < 1.29 is 23.9 Å². The second kappa shape index (κ2) is 9.07. The molecule has 0 saturated carbocycles. The van der Waals surface area contributed by atoms with Gasteiger partial charge in [-0.05, 0) is 32.9 Å².